The zero-order valence-electron chi connectivity index (χ0n) is 66.2. The van der Waals surface area contributed by atoms with Crippen molar-refractivity contribution in [2.45, 2.75) is 296 Å². The minimum atomic E-state index is -1.64. The van der Waals surface area contributed by atoms with Crippen LogP contribution >= 0.6 is 0 Å². The van der Waals surface area contributed by atoms with E-state index < -0.39 is 163 Å². The molecule has 0 aromatic heterocycles. The van der Waals surface area contributed by atoms with Crippen molar-refractivity contribution in [2.75, 3.05) is 82.2 Å². The molecule has 4 aliphatic rings. The zero-order valence-corrected chi connectivity index (χ0v) is 66.2. The molecule has 2 aliphatic carbocycles. The van der Waals surface area contributed by atoms with Gasteiger partial charge in [-0.25, -0.2) is 0 Å². The number of ether oxygens (including phenoxy) is 1. The SMILES string of the molecule is CC(C)C[C@@H]1NC(=O)[C@H](CC2CCCCC2)N(C)C(=O)[C@H](CC(C)C)N(C)C(=O)[C@H](COCCC(C)(C)O)NC(=O)[C@H](C)N(C)C(=O)C[C@@H](C(=O)N2CCCCC2)NC(=O)[C@H](CC(C)C)N(C)C(=O)CN(C)C(=O)[C@H]([C@@H](C)O)NC(=O)[C@H](CC(C)C)N(C)C(=O)[C@H](CCC2CCCCC2)N(C)C1=O. The first kappa shape index (κ1) is 88.9. The maximum Gasteiger partial charge on any atom is 0.248 e. The van der Waals surface area contributed by atoms with Gasteiger partial charge in [-0.3, -0.25) is 57.5 Å². The van der Waals surface area contributed by atoms with Gasteiger partial charge in [0.25, 0.3) is 0 Å². The highest BCUT2D eigenvalue weighted by Gasteiger charge is 2.45. The molecule has 0 spiro atoms. The number of hydrogen-bond acceptors (Lipinski definition) is 15. The Morgan fingerprint density at radius 3 is 1.47 bits per heavy atom. The Morgan fingerprint density at radius 1 is 0.485 bits per heavy atom. The van der Waals surface area contributed by atoms with E-state index in [4.69, 9.17) is 4.74 Å². The number of carbonyl (C=O) groups is 12. The summed E-state index contributed by atoms with van der Waals surface area (Å²) in [5, 5.41) is 33.3. The average molecular weight is 1460 g/mol. The van der Waals surface area contributed by atoms with E-state index in [2.05, 4.69) is 21.3 Å². The number of hydrogen-bond donors (Lipinski definition) is 6. The quantitative estimate of drug-likeness (QED) is 0.0887. The molecular formula is C76H134N12O15. The molecule has 6 N–H and O–H groups in total. The van der Waals surface area contributed by atoms with Gasteiger partial charge in [0.2, 0.25) is 70.9 Å². The molecule has 12 amide bonds. The summed E-state index contributed by atoms with van der Waals surface area (Å²) in [5.74, 6) is -8.89. The van der Waals surface area contributed by atoms with Gasteiger partial charge in [-0.15, -0.1) is 0 Å². The molecule has 2 aliphatic heterocycles. The molecule has 0 aromatic rings. The Labute approximate surface area is 615 Å². The summed E-state index contributed by atoms with van der Waals surface area (Å²) in [6, 6.07) is -13.2. The molecule has 4 rings (SSSR count). The first-order chi connectivity index (χ1) is 48.2. The van der Waals surface area contributed by atoms with Crippen LogP contribution in [0.25, 0.3) is 0 Å². The monoisotopic (exact) mass is 1460 g/mol. The van der Waals surface area contributed by atoms with Gasteiger partial charge < -0.3 is 75.4 Å². The second-order valence-electron chi connectivity index (χ2n) is 32.7. The molecule has 2 saturated carbocycles. The van der Waals surface area contributed by atoms with Crippen LogP contribution in [0.15, 0.2) is 0 Å². The first-order valence-corrected chi connectivity index (χ1v) is 38.5. The lowest BCUT2D eigenvalue weighted by Gasteiger charge is -2.39. The molecule has 27 heteroatoms. The average Bonchev–Trinajstić information content (AvgIpc) is 0.817. The Kier molecular flexibility index (Phi) is 36.3. The number of amides is 12. The fourth-order valence-corrected chi connectivity index (χ4v) is 14.7. The molecule has 27 nitrogen and oxygen atoms in total. The fourth-order valence-electron chi connectivity index (χ4n) is 14.7. The van der Waals surface area contributed by atoms with Gasteiger partial charge in [0.05, 0.1) is 31.3 Å². The van der Waals surface area contributed by atoms with Crippen molar-refractivity contribution < 1.29 is 72.5 Å². The summed E-state index contributed by atoms with van der Waals surface area (Å²) < 4.78 is 6.01. The Hall–Kier alpha value is -6.48. The van der Waals surface area contributed by atoms with Crippen molar-refractivity contribution >= 4 is 70.9 Å². The molecule has 2 saturated heterocycles. The summed E-state index contributed by atoms with van der Waals surface area (Å²) in [7, 11) is 9.98. The van der Waals surface area contributed by atoms with Crippen LogP contribution in [0.3, 0.4) is 0 Å². The lowest BCUT2D eigenvalue weighted by atomic mass is 9.84. The normalized spacial score (nSPS) is 27.1. The third-order valence-corrected chi connectivity index (χ3v) is 21.4. The molecule has 0 radical (unpaired) electrons. The number of nitrogens with one attached hydrogen (secondary N) is 4. The fraction of sp³-hybridized carbons (Fsp3) is 0.842. The number of aliphatic hydroxyl groups is 2. The number of likely N-dealkylation sites (N-methyl/N-ethyl adjacent to an activating group) is 7. The van der Waals surface area contributed by atoms with Gasteiger partial charge in [-0.05, 0) is 134 Å². The van der Waals surface area contributed by atoms with Crippen LogP contribution in [-0.2, 0) is 62.3 Å². The Balaban J connectivity index is 1.97. The number of rotatable bonds is 20. The highest BCUT2D eigenvalue weighted by molar-refractivity contribution is 6.00. The van der Waals surface area contributed by atoms with Crippen molar-refractivity contribution in [3.05, 3.63) is 0 Å². The van der Waals surface area contributed by atoms with Crippen LogP contribution in [0.4, 0.5) is 0 Å². The van der Waals surface area contributed by atoms with Gasteiger partial charge in [0.15, 0.2) is 0 Å². The lowest BCUT2D eigenvalue weighted by molar-refractivity contribution is -0.152. The first-order valence-electron chi connectivity index (χ1n) is 38.5. The van der Waals surface area contributed by atoms with Crippen LogP contribution in [0.1, 0.15) is 224 Å². The van der Waals surface area contributed by atoms with Crippen molar-refractivity contribution in [3.63, 3.8) is 0 Å². The minimum Gasteiger partial charge on any atom is -0.391 e. The predicted octanol–water partition coefficient (Wildman–Crippen LogP) is 4.86. The van der Waals surface area contributed by atoms with E-state index in [9.17, 15) is 43.8 Å². The summed E-state index contributed by atoms with van der Waals surface area (Å²) in [6.45, 7) is 20.5. The third kappa shape index (κ3) is 27.4. The largest absolute Gasteiger partial charge is 0.391 e. The van der Waals surface area contributed by atoms with Crippen LogP contribution in [-0.4, -0.2) is 275 Å². The second kappa shape index (κ2) is 42.0. The molecule has 588 valence electrons. The summed E-state index contributed by atoms with van der Waals surface area (Å²) in [4.78, 5) is 190. The van der Waals surface area contributed by atoms with Crippen molar-refractivity contribution in [1.82, 2.24) is 60.5 Å². The molecule has 2 heterocycles. The molecule has 4 fully saturated rings. The Morgan fingerprint density at radius 2 is 0.932 bits per heavy atom. The van der Waals surface area contributed by atoms with Gasteiger partial charge in [-0.1, -0.05) is 120 Å². The number of nitrogens with zero attached hydrogens (tertiary/aromatic N) is 8. The van der Waals surface area contributed by atoms with Crippen molar-refractivity contribution in [2.24, 2.45) is 35.5 Å². The van der Waals surface area contributed by atoms with E-state index in [-0.39, 0.29) is 87.1 Å². The number of carbonyl (C=O) groups excluding carboxylic acids is 12. The van der Waals surface area contributed by atoms with E-state index >= 15 is 24.0 Å². The number of likely N-dealkylation sites (tertiary alicyclic amines) is 1. The third-order valence-electron chi connectivity index (χ3n) is 21.4. The van der Waals surface area contributed by atoms with Crippen LogP contribution < -0.4 is 21.3 Å². The molecular weight excluding hydrogens is 1320 g/mol. The van der Waals surface area contributed by atoms with E-state index in [0.29, 0.717) is 32.4 Å². The minimum absolute atomic E-state index is 0.0133. The van der Waals surface area contributed by atoms with E-state index in [1.54, 1.807) is 18.7 Å². The van der Waals surface area contributed by atoms with Crippen LogP contribution in [0, 0.1) is 35.5 Å². The highest BCUT2D eigenvalue weighted by atomic mass is 16.5. The summed E-state index contributed by atoms with van der Waals surface area (Å²) >= 11 is 0. The van der Waals surface area contributed by atoms with Gasteiger partial charge in [0.1, 0.15) is 60.4 Å². The van der Waals surface area contributed by atoms with E-state index in [1.165, 1.54) is 82.8 Å². The smallest absolute Gasteiger partial charge is 0.248 e. The second-order valence-corrected chi connectivity index (χ2v) is 32.7. The van der Waals surface area contributed by atoms with Crippen LogP contribution in [0.2, 0.25) is 0 Å². The van der Waals surface area contributed by atoms with Gasteiger partial charge >= 0.3 is 0 Å². The highest BCUT2D eigenvalue weighted by Crippen LogP contribution is 2.32. The molecule has 103 heavy (non-hydrogen) atoms. The summed E-state index contributed by atoms with van der Waals surface area (Å²) in [6.07, 6.45) is 11.0. The van der Waals surface area contributed by atoms with Crippen LogP contribution in [0.5, 0.6) is 0 Å². The van der Waals surface area contributed by atoms with Gasteiger partial charge in [0, 0.05) is 69.0 Å². The lowest BCUT2D eigenvalue weighted by Crippen LogP contribution is -2.62. The van der Waals surface area contributed by atoms with E-state index in [1.807, 2.05) is 55.4 Å². The Bertz CT molecular complexity index is 2810. The predicted molar refractivity (Wildman–Crippen MR) is 394 cm³/mol. The number of piperidine rings is 1. The maximum atomic E-state index is 15.6. The van der Waals surface area contributed by atoms with E-state index in [0.717, 1.165) is 85.3 Å². The zero-order chi connectivity index (χ0) is 77.5. The topological polar surface area (TPSA) is 329 Å². The molecule has 0 bridgehead atoms. The standard InChI is InChI=1S/C76H134N12O15/c1-47(2)39-55-70(96)84(16)58(34-33-53-29-23-20-24-30-53)73(99)85(17)60(41-49(5)6)69(95)80-65(52(10)89)75(101)81(13)45-64(91)83(15)59(40-48(3)4)67(93)78-56(72(98)88-36-27-22-28-37-88)44-63(90)82(14)51(9)66(92)79-57(46-103-38-35-76(11,12)102)71(97)87(19)62(42-50(7)8)74(100)86(18)61(68(94)77-55)43-54-31-25-21-26-32-54/h47-62,65,89,102H,20-46H2,1-19H3,(H,77,94)(H,78,93)(H,79,92)(H,80,95)/t51-,52+,55-,56-,57-,58-,59-,60-,61-,62-,65-/m0/s1. The molecule has 11 atom stereocenters. The molecule has 0 unspecified atom stereocenters. The van der Waals surface area contributed by atoms with Gasteiger partial charge in [-0.2, -0.15) is 0 Å². The summed E-state index contributed by atoms with van der Waals surface area (Å²) in [5.41, 5.74) is -1.16. The maximum absolute atomic E-state index is 15.6. The van der Waals surface area contributed by atoms with Crippen molar-refractivity contribution in [1.29, 1.82) is 0 Å². The van der Waals surface area contributed by atoms with Crippen molar-refractivity contribution in [3.8, 4) is 0 Å². The molecule has 0 aromatic carbocycles. The number of aliphatic hydroxyl groups excluding tert-OH is 1.